The summed E-state index contributed by atoms with van der Waals surface area (Å²) in [5.41, 5.74) is 0.618. The van der Waals surface area contributed by atoms with Crippen molar-refractivity contribution in [1.29, 1.82) is 0 Å². The van der Waals surface area contributed by atoms with Crippen molar-refractivity contribution in [2.45, 2.75) is 24.2 Å². The van der Waals surface area contributed by atoms with Gasteiger partial charge in [0.05, 0.1) is 6.54 Å². The molecular weight excluding hydrogens is 358 g/mol. The Kier molecular flexibility index (Phi) is 4.39. The van der Waals surface area contributed by atoms with E-state index in [-0.39, 0.29) is 13.0 Å². The number of aliphatic carboxylic acids is 1. The van der Waals surface area contributed by atoms with E-state index in [1.54, 1.807) is 6.07 Å². The highest BCUT2D eigenvalue weighted by Gasteiger charge is 2.48. The molecule has 1 saturated heterocycles. The van der Waals surface area contributed by atoms with Crippen molar-refractivity contribution in [3.8, 4) is 0 Å². The van der Waals surface area contributed by atoms with Crippen LogP contribution in [0.5, 0.6) is 0 Å². The number of fused-ring (bicyclic) bond motifs is 1. The van der Waals surface area contributed by atoms with E-state index in [1.807, 2.05) is 36.4 Å². The van der Waals surface area contributed by atoms with Gasteiger partial charge in [-0.3, -0.25) is 9.69 Å². The third kappa shape index (κ3) is 3.12. The summed E-state index contributed by atoms with van der Waals surface area (Å²) in [6.45, 7) is 1.23. The second-order valence-corrected chi connectivity index (χ2v) is 9.11. The monoisotopic (exact) mass is 377 g/mol. The van der Waals surface area contributed by atoms with Gasteiger partial charge in [-0.25, -0.2) is 13.2 Å². The van der Waals surface area contributed by atoms with Crippen LogP contribution in [0.3, 0.4) is 0 Å². The molecule has 0 aliphatic carbocycles. The van der Waals surface area contributed by atoms with E-state index in [9.17, 15) is 23.1 Å². The maximum atomic E-state index is 12.2. The summed E-state index contributed by atoms with van der Waals surface area (Å²) in [7, 11) is -3.89. The quantitative estimate of drug-likeness (QED) is 0.859. The van der Waals surface area contributed by atoms with Crippen molar-refractivity contribution in [2.24, 2.45) is 0 Å². The zero-order valence-electron chi connectivity index (χ0n) is 14.4. The molecular formula is C18H19NO6S. The van der Waals surface area contributed by atoms with Crippen molar-refractivity contribution < 1.29 is 27.9 Å². The number of anilines is 1. The summed E-state index contributed by atoms with van der Waals surface area (Å²) in [6.07, 6.45) is -0.882. The number of rotatable bonds is 5. The van der Waals surface area contributed by atoms with Crippen molar-refractivity contribution in [3.63, 3.8) is 0 Å². The molecule has 1 aliphatic heterocycles. The van der Waals surface area contributed by atoms with Crippen molar-refractivity contribution in [1.82, 2.24) is 0 Å². The Bertz CT molecular complexity index is 986. The minimum absolute atomic E-state index is 0.0928. The van der Waals surface area contributed by atoms with Gasteiger partial charge in [0.2, 0.25) is 0 Å². The van der Waals surface area contributed by atoms with Crippen LogP contribution in [0, 0.1) is 0 Å². The van der Waals surface area contributed by atoms with Gasteiger partial charge < -0.3 is 9.84 Å². The molecule has 1 amide bonds. The molecule has 0 spiro atoms. The standard InChI is InChI=1S/C18H19NO6S/c1-18(16(20)21,26(2,23)24)10-15-11-19(17(22)25-15)14-8-7-12-5-3-4-6-13(12)9-14/h3-9,15H,10-11H2,1-2H3,(H,20,21)/t15-,18?/m0/s1. The molecule has 0 radical (unpaired) electrons. The molecule has 26 heavy (non-hydrogen) atoms. The second kappa shape index (κ2) is 6.28. The number of carbonyl (C=O) groups excluding carboxylic acids is 1. The maximum absolute atomic E-state index is 12.2. The smallest absolute Gasteiger partial charge is 0.414 e. The molecule has 2 aromatic carbocycles. The minimum atomic E-state index is -3.89. The Morgan fingerprint density at radius 3 is 2.54 bits per heavy atom. The molecule has 1 heterocycles. The predicted molar refractivity (Wildman–Crippen MR) is 97.1 cm³/mol. The summed E-state index contributed by atoms with van der Waals surface area (Å²) < 4.78 is 27.1. The first-order valence-corrected chi connectivity index (χ1v) is 9.91. The zero-order valence-corrected chi connectivity index (χ0v) is 15.2. The molecule has 2 aromatic rings. The van der Waals surface area contributed by atoms with E-state index in [4.69, 9.17) is 4.74 Å². The molecule has 0 aromatic heterocycles. The number of sulfone groups is 1. The molecule has 138 valence electrons. The molecule has 0 saturated carbocycles. The number of cyclic esters (lactones) is 1. The molecule has 7 nitrogen and oxygen atoms in total. The van der Waals surface area contributed by atoms with Gasteiger partial charge in [-0.15, -0.1) is 0 Å². The second-order valence-electron chi connectivity index (χ2n) is 6.66. The van der Waals surface area contributed by atoms with E-state index in [1.165, 1.54) is 4.90 Å². The Morgan fingerprint density at radius 2 is 1.92 bits per heavy atom. The van der Waals surface area contributed by atoms with Crippen LogP contribution in [-0.4, -0.2) is 49.2 Å². The third-order valence-electron chi connectivity index (χ3n) is 4.81. The van der Waals surface area contributed by atoms with Gasteiger partial charge >= 0.3 is 12.1 Å². The van der Waals surface area contributed by atoms with Gasteiger partial charge in [-0.2, -0.15) is 0 Å². The Labute approximate surface area is 151 Å². The van der Waals surface area contributed by atoms with Gasteiger partial charge in [0, 0.05) is 18.4 Å². The molecule has 1 unspecified atom stereocenters. The molecule has 1 fully saturated rings. The van der Waals surface area contributed by atoms with Crippen LogP contribution in [0.4, 0.5) is 10.5 Å². The fraction of sp³-hybridized carbons (Fsp3) is 0.333. The number of hydrogen-bond acceptors (Lipinski definition) is 5. The summed E-state index contributed by atoms with van der Waals surface area (Å²) >= 11 is 0. The number of carboxylic acids is 1. The number of benzene rings is 2. The van der Waals surface area contributed by atoms with E-state index >= 15 is 0 Å². The lowest BCUT2D eigenvalue weighted by Gasteiger charge is -2.24. The lowest BCUT2D eigenvalue weighted by atomic mass is 10.0. The van der Waals surface area contributed by atoms with Gasteiger partial charge in [0.15, 0.2) is 14.6 Å². The van der Waals surface area contributed by atoms with E-state index in [0.29, 0.717) is 5.69 Å². The first-order valence-electron chi connectivity index (χ1n) is 8.02. The minimum Gasteiger partial charge on any atom is -0.480 e. The van der Waals surface area contributed by atoms with Crippen molar-refractivity contribution in [3.05, 3.63) is 42.5 Å². The highest BCUT2D eigenvalue weighted by atomic mass is 32.2. The number of hydrogen-bond donors (Lipinski definition) is 1. The lowest BCUT2D eigenvalue weighted by molar-refractivity contribution is -0.140. The first-order chi connectivity index (χ1) is 12.1. The largest absolute Gasteiger partial charge is 0.480 e. The number of carbonyl (C=O) groups is 2. The summed E-state index contributed by atoms with van der Waals surface area (Å²) in [5.74, 6) is -1.46. The van der Waals surface area contributed by atoms with E-state index < -0.39 is 32.8 Å². The van der Waals surface area contributed by atoms with Crippen molar-refractivity contribution >= 4 is 38.4 Å². The number of nitrogens with zero attached hydrogens (tertiary/aromatic N) is 1. The van der Waals surface area contributed by atoms with Gasteiger partial charge in [-0.1, -0.05) is 30.3 Å². The third-order valence-corrected chi connectivity index (χ3v) is 6.78. The van der Waals surface area contributed by atoms with E-state index in [2.05, 4.69) is 0 Å². The van der Waals surface area contributed by atoms with Crippen LogP contribution in [-0.2, 0) is 19.4 Å². The Balaban J connectivity index is 1.85. The van der Waals surface area contributed by atoms with Gasteiger partial charge in [-0.05, 0) is 29.8 Å². The van der Waals surface area contributed by atoms with Crippen LogP contribution in [0.1, 0.15) is 13.3 Å². The number of amides is 1. The van der Waals surface area contributed by atoms with Gasteiger partial charge in [0.1, 0.15) is 6.10 Å². The fourth-order valence-electron chi connectivity index (χ4n) is 3.02. The Morgan fingerprint density at radius 1 is 1.27 bits per heavy atom. The first kappa shape index (κ1) is 18.2. The van der Waals surface area contributed by atoms with Crippen LogP contribution < -0.4 is 4.90 Å². The molecule has 8 heteroatoms. The average molecular weight is 377 g/mol. The van der Waals surface area contributed by atoms with Crippen LogP contribution in [0.25, 0.3) is 10.8 Å². The van der Waals surface area contributed by atoms with Crippen LogP contribution in [0.15, 0.2) is 42.5 Å². The highest BCUT2D eigenvalue weighted by molar-refractivity contribution is 7.92. The average Bonchev–Trinajstić information content (AvgIpc) is 2.93. The topological polar surface area (TPSA) is 101 Å². The predicted octanol–water partition coefficient (Wildman–Crippen LogP) is 2.44. The van der Waals surface area contributed by atoms with Crippen LogP contribution >= 0.6 is 0 Å². The fourth-order valence-corrected chi connectivity index (χ4v) is 3.82. The molecule has 1 N–H and O–H groups in total. The summed E-state index contributed by atoms with van der Waals surface area (Å²) in [6, 6.07) is 13.2. The van der Waals surface area contributed by atoms with E-state index in [0.717, 1.165) is 24.0 Å². The Hall–Kier alpha value is -2.61. The molecule has 0 bridgehead atoms. The number of carboxylic acid groups (broad SMARTS) is 1. The van der Waals surface area contributed by atoms with Gasteiger partial charge in [0.25, 0.3) is 0 Å². The summed E-state index contributed by atoms with van der Waals surface area (Å²) in [4.78, 5) is 25.1. The van der Waals surface area contributed by atoms with Crippen molar-refractivity contribution in [2.75, 3.05) is 17.7 Å². The zero-order chi connectivity index (χ0) is 19.1. The molecule has 2 atom stereocenters. The lowest BCUT2D eigenvalue weighted by Crippen LogP contribution is -2.46. The number of ether oxygens (including phenoxy) is 1. The summed E-state index contributed by atoms with van der Waals surface area (Å²) in [5, 5.41) is 11.3. The normalized spacial score (nSPS) is 20.0. The SMILES string of the molecule is CC(C[C@H]1CN(c2ccc3ccccc3c2)C(=O)O1)(C(=O)O)S(C)(=O)=O. The van der Waals surface area contributed by atoms with Crippen LogP contribution in [0.2, 0.25) is 0 Å². The maximum Gasteiger partial charge on any atom is 0.414 e. The highest BCUT2D eigenvalue weighted by Crippen LogP contribution is 2.31. The molecule has 1 aliphatic rings. The molecule has 3 rings (SSSR count).